The van der Waals surface area contributed by atoms with Crippen molar-refractivity contribution in [2.45, 2.75) is 69.9 Å². The molecule has 0 radical (unpaired) electrons. The van der Waals surface area contributed by atoms with E-state index < -0.39 is 0 Å². The normalized spacial score (nSPS) is 26.8. The van der Waals surface area contributed by atoms with Gasteiger partial charge < -0.3 is 15.1 Å². The van der Waals surface area contributed by atoms with Crippen LogP contribution in [0.15, 0.2) is 0 Å². The van der Waals surface area contributed by atoms with Crippen LogP contribution < -0.4 is 5.32 Å². The third-order valence-electron chi connectivity index (χ3n) is 6.87. The maximum absolute atomic E-state index is 12.8. The van der Waals surface area contributed by atoms with Crippen molar-refractivity contribution in [2.75, 3.05) is 39.3 Å². The Morgan fingerprint density at radius 1 is 0.731 bits per heavy atom. The van der Waals surface area contributed by atoms with Gasteiger partial charge in [0.05, 0.1) is 5.92 Å². The fourth-order valence-electron chi connectivity index (χ4n) is 4.81. The monoisotopic (exact) mass is 362 g/mol. The first-order chi connectivity index (χ1) is 12.7. The number of nitrogens with one attached hydrogen (secondary N) is 1. The van der Waals surface area contributed by atoms with Gasteiger partial charge in [-0.05, 0) is 32.1 Å². The van der Waals surface area contributed by atoms with E-state index in [-0.39, 0.29) is 17.9 Å². The molecule has 1 N–H and O–H groups in total. The van der Waals surface area contributed by atoms with Crippen molar-refractivity contribution in [3.63, 3.8) is 0 Å². The smallest absolute Gasteiger partial charge is 0.320 e. The number of likely N-dealkylation sites (tertiary alicyclic amines) is 1. The quantitative estimate of drug-likeness (QED) is 0.836. The number of carbonyl (C=O) groups excluding carboxylic acids is 2. The molecule has 0 aromatic rings. The van der Waals surface area contributed by atoms with Crippen LogP contribution in [0.25, 0.3) is 0 Å². The van der Waals surface area contributed by atoms with Crippen LogP contribution in [0, 0.1) is 5.92 Å². The number of carbonyl (C=O) groups is 2. The first kappa shape index (κ1) is 18.1. The summed E-state index contributed by atoms with van der Waals surface area (Å²) in [5, 5.41) is 3.20. The van der Waals surface area contributed by atoms with Crippen LogP contribution in [-0.4, -0.2) is 78.0 Å². The van der Waals surface area contributed by atoms with E-state index in [4.69, 9.17) is 0 Å². The SMILES string of the molecule is O=C(NC1CCCCC1)C1CN(C(=O)N2CCCN(C3CCC3)CC2)C1. The van der Waals surface area contributed by atoms with E-state index in [1.54, 1.807) is 0 Å². The largest absolute Gasteiger partial charge is 0.353 e. The van der Waals surface area contributed by atoms with Gasteiger partial charge in [0.1, 0.15) is 0 Å². The van der Waals surface area contributed by atoms with E-state index in [2.05, 4.69) is 10.2 Å². The molecule has 0 unspecified atom stereocenters. The standard InChI is InChI=1S/C20H34N4O2/c25-19(21-17-6-2-1-3-7-17)16-14-24(15-16)20(26)23-11-5-10-22(12-13-23)18-8-4-9-18/h16-18H,1-15H2,(H,21,25). The van der Waals surface area contributed by atoms with Gasteiger partial charge in [0.2, 0.25) is 5.91 Å². The summed E-state index contributed by atoms with van der Waals surface area (Å²) in [5.41, 5.74) is 0. The summed E-state index contributed by atoms with van der Waals surface area (Å²) in [6.45, 7) is 5.03. The van der Waals surface area contributed by atoms with E-state index in [0.29, 0.717) is 19.1 Å². The molecule has 3 amide bonds. The van der Waals surface area contributed by atoms with Crippen LogP contribution in [0.5, 0.6) is 0 Å². The minimum Gasteiger partial charge on any atom is -0.353 e. The van der Waals surface area contributed by atoms with Gasteiger partial charge in [0.25, 0.3) is 0 Å². The number of hydrogen-bond donors (Lipinski definition) is 1. The van der Waals surface area contributed by atoms with Crippen LogP contribution in [0.1, 0.15) is 57.8 Å². The molecular weight excluding hydrogens is 328 g/mol. The third kappa shape index (κ3) is 4.00. The molecule has 0 aromatic carbocycles. The molecule has 26 heavy (non-hydrogen) atoms. The molecule has 0 aromatic heterocycles. The number of hydrogen-bond acceptors (Lipinski definition) is 3. The summed E-state index contributed by atoms with van der Waals surface area (Å²) in [6.07, 6.45) is 11.1. The predicted molar refractivity (Wildman–Crippen MR) is 101 cm³/mol. The van der Waals surface area contributed by atoms with Crippen LogP contribution in [0.3, 0.4) is 0 Å². The van der Waals surface area contributed by atoms with Crippen molar-refractivity contribution in [2.24, 2.45) is 5.92 Å². The molecule has 4 aliphatic rings. The number of nitrogens with zero attached hydrogens (tertiary/aromatic N) is 3. The Morgan fingerprint density at radius 3 is 2.19 bits per heavy atom. The highest BCUT2D eigenvalue weighted by atomic mass is 16.2. The molecule has 4 fully saturated rings. The molecule has 2 heterocycles. The lowest BCUT2D eigenvalue weighted by molar-refractivity contribution is -0.130. The molecule has 2 saturated heterocycles. The lowest BCUT2D eigenvalue weighted by Crippen LogP contribution is -2.60. The first-order valence-electron chi connectivity index (χ1n) is 10.8. The Bertz CT molecular complexity index is 510. The summed E-state index contributed by atoms with van der Waals surface area (Å²) >= 11 is 0. The minimum absolute atomic E-state index is 0.000621. The van der Waals surface area contributed by atoms with Crippen molar-refractivity contribution < 1.29 is 9.59 Å². The predicted octanol–water partition coefficient (Wildman–Crippen LogP) is 2.05. The van der Waals surface area contributed by atoms with Crippen molar-refractivity contribution in [3.05, 3.63) is 0 Å². The molecule has 2 saturated carbocycles. The highest BCUT2D eigenvalue weighted by Crippen LogP contribution is 2.26. The van der Waals surface area contributed by atoms with E-state index >= 15 is 0 Å². The molecular formula is C20H34N4O2. The molecule has 4 rings (SSSR count). The zero-order valence-electron chi connectivity index (χ0n) is 16.0. The Morgan fingerprint density at radius 2 is 1.50 bits per heavy atom. The van der Waals surface area contributed by atoms with Crippen molar-refractivity contribution in [1.29, 1.82) is 0 Å². The number of rotatable bonds is 3. The van der Waals surface area contributed by atoms with Crippen molar-refractivity contribution in [3.8, 4) is 0 Å². The molecule has 146 valence electrons. The second kappa shape index (κ2) is 8.15. The molecule has 2 aliphatic heterocycles. The van der Waals surface area contributed by atoms with Gasteiger partial charge in [0, 0.05) is 51.4 Å². The summed E-state index contributed by atoms with van der Waals surface area (Å²) in [7, 11) is 0. The van der Waals surface area contributed by atoms with Gasteiger partial charge in [-0.25, -0.2) is 4.79 Å². The summed E-state index contributed by atoms with van der Waals surface area (Å²) < 4.78 is 0. The van der Waals surface area contributed by atoms with E-state index in [0.717, 1.165) is 51.5 Å². The van der Waals surface area contributed by atoms with Gasteiger partial charge in [-0.3, -0.25) is 9.69 Å². The maximum Gasteiger partial charge on any atom is 0.320 e. The summed E-state index contributed by atoms with van der Waals surface area (Å²) in [4.78, 5) is 31.6. The fourth-order valence-corrected chi connectivity index (χ4v) is 4.81. The van der Waals surface area contributed by atoms with Gasteiger partial charge in [-0.1, -0.05) is 25.7 Å². The zero-order valence-corrected chi connectivity index (χ0v) is 16.0. The van der Waals surface area contributed by atoms with E-state index in [9.17, 15) is 9.59 Å². The molecule has 6 heteroatoms. The van der Waals surface area contributed by atoms with E-state index in [1.807, 2.05) is 9.80 Å². The lowest BCUT2D eigenvalue weighted by atomic mass is 9.91. The lowest BCUT2D eigenvalue weighted by Gasteiger charge is -2.41. The second-order valence-electron chi connectivity index (χ2n) is 8.69. The van der Waals surface area contributed by atoms with Gasteiger partial charge >= 0.3 is 6.03 Å². The molecule has 0 atom stereocenters. The zero-order chi connectivity index (χ0) is 17.9. The van der Waals surface area contributed by atoms with Gasteiger partial charge in [-0.15, -0.1) is 0 Å². The summed E-state index contributed by atoms with van der Waals surface area (Å²) in [6, 6.07) is 1.27. The average Bonchev–Trinajstić information content (AvgIpc) is 2.79. The maximum atomic E-state index is 12.8. The van der Waals surface area contributed by atoms with Crippen LogP contribution in [0.4, 0.5) is 4.79 Å². The number of amides is 3. The Labute approximate surface area is 157 Å². The Balaban J connectivity index is 1.19. The minimum atomic E-state index is -0.000621. The van der Waals surface area contributed by atoms with Crippen molar-refractivity contribution in [1.82, 2.24) is 20.0 Å². The highest BCUT2D eigenvalue weighted by molar-refractivity contribution is 5.84. The fraction of sp³-hybridized carbons (Fsp3) is 0.900. The molecule has 0 bridgehead atoms. The van der Waals surface area contributed by atoms with Crippen LogP contribution >= 0.6 is 0 Å². The van der Waals surface area contributed by atoms with Gasteiger partial charge in [-0.2, -0.15) is 0 Å². The van der Waals surface area contributed by atoms with Crippen molar-refractivity contribution >= 4 is 11.9 Å². The molecule has 6 nitrogen and oxygen atoms in total. The molecule has 2 aliphatic carbocycles. The van der Waals surface area contributed by atoms with Crippen LogP contribution in [0.2, 0.25) is 0 Å². The number of urea groups is 1. The third-order valence-corrected chi connectivity index (χ3v) is 6.87. The molecule has 0 spiro atoms. The topological polar surface area (TPSA) is 55.9 Å². The van der Waals surface area contributed by atoms with Gasteiger partial charge in [0.15, 0.2) is 0 Å². The Hall–Kier alpha value is -1.30. The first-order valence-corrected chi connectivity index (χ1v) is 10.8. The highest BCUT2D eigenvalue weighted by Gasteiger charge is 2.38. The van der Waals surface area contributed by atoms with E-state index in [1.165, 1.54) is 38.5 Å². The van der Waals surface area contributed by atoms with Crippen LogP contribution in [-0.2, 0) is 4.79 Å². The average molecular weight is 363 g/mol. The second-order valence-corrected chi connectivity index (χ2v) is 8.69. The summed E-state index contributed by atoms with van der Waals surface area (Å²) in [5.74, 6) is 0.160. The Kier molecular flexibility index (Phi) is 5.67.